The van der Waals surface area contributed by atoms with Gasteiger partial charge in [0.05, 0.1) is 6.10 Å². The fourth-order valence-corrected chi connectivity index (χ4v) is 7.89. The third kappa shape index (κ3) is 3.34. The van der Waals surface area contributed by atoms with E-state index in [-0.39, 0.29) is 6.10 Å². The topological polar surface area (TPSA) is 20.2 Å². The summed E-state index contributed by atoms with van der Waals surface area (Å²) in [6, 6.07) is 0. The molecule has 0 amide bonds. The highest BCUT2D eigenvalue weighted by Crippen LogP contribution is 2.64. The zero-order chi connectivity index (χ0) is 20.1. The summed E-state index contributed by atoms with van der Waals surface area (Å²) in [5.74, 6) is 4.60. The zero-order valence-corrected chi connectivity index (χ0v) is 19.1. The van der Waals surface area contributed by atoms with Gasteiger partial charge in [0.2, 0.25) is 0 Å². The molecule has 0 aromatic rings. The number of hydrogen-bond donors (Lipinski definition) is 1. The van der Waals surface area contributed by atoms with Crippen molar-refractivity contribution in [2.75, 3.05) is 0 Å². The van der Waals surface area contributed by atoms with Crippen molar-refractivity contribution in [3.05, 3.63) is 23.8 Å². The Morgan fingerprint density at radius 3 is 2.64 bits per heavy atom. The van der Waals surface area contributed by atoms with Crippen molar-refractivity contribution in [1.82, 2.24) is 0 Å². The first-order chi connectivity index (χ1) is 13.3. The summed E-state index contributed by atoms with van der Waals surface area (Å²) < 4.78 is 0. The highest BCUT2D eigenvalue weighted by atomic mass is 16.3. The van der Waals surface area contributed by atoms with Gasteiger partial charge in [0.25, 0.3) is 0 Å². The second-order valence-electron chi connectivity index (χ2n) is 11.8. The molecule has 2 fully saturated rings. The molecule has 0 aliphatic heterocycles. The van der Waals surface area contributed by atoms with Crippen LogP contribution in [-0.2, 0) is 0 Å². The maximum absolute atomic E-state index is 10.2. The quantitative estimate of drug-likeness (QED) is 0.498. The van der Waals surface area contributed by atoms with Crippen LogP contribution < -0.4 is 0 Å². The van der Waals surface area contributed by atoms with E-state index < -0.39 is 0 Å². The van der Waals surface area contributed by atoms with Gasteiger partial charge in [0.15, 0.2) is 0 Å². The van der Waals surface area contributed by atoms with Gasteiger partial charge in [-0.25, -0.2) is 0 Å². The first-order valence-electron chi connectivity index (χ1n) is 12.3. The summed E-state index contributed by atoms with van der Waals surface area (Å²) in [5.41, 5.74) is 2.54. The molecule has 0 unspecified atom stereocenters. The normalized spacial score (nSPS) is 46.0. The minimum Gasteiger partial charge on any atom is -0.393 e. The van der Waals surface area contributed by atoms with E-state index in [9.17, 15) is 5.11 Å². The highest BCUT2D eigenvalue weighted by molar-refractivity contribution is 5.35. The summed E-state index contributed by atoms with van der Waals surface area (Å²) >= 11 is 0. The maximum atomic E-state index is 10.2. The van der Waals surface area contributed by atoms with Crippen LogP contribution in [0.25, 0.3) is 0 Å². The molecule has 0 radical (unpaired) electrons. The molecule has 1 heteroatoms. The molecule has 1 N–H and O–H groups in total. The summed E-state index contributed by atoms with van der Waals surface area (Å²) in [4.78, 5) is 0. The molecule has 4 rings (SSSR count). The van der Waals surface area contributed by atoms with Crippen LogP contribution >= 0.6 is 0 Å². The molecule has 158 valence electrons. The smallest absolute Gasteiger partial charge is 0.0543 e. The van der Waals surface area contributed by atoms with Gasteiger partial charge in [0.1, 0.15) is 0 Å². The van der Waals surface area contributed by atoms with Crippen molar-refractivity contribution in [2.24, 2.45) is 46.3 Å². The summed E-state index contributed by atoms with van der Waals surface area (Å²) in [6.07, 6.45) is 19.3. The summed E-state index contributed by atoms with van der Waals surface area (Å²) in [7, 11) is 0. The van der Waals surface area contributed by atoms with Crippen LogP contribution in [0.4, 0.5) is 0 Å². The van der Waals surface area contributed by atoms with E-state index in [2.05, 4.69) is 52.8 Å². The van der Waals surface area contributed by atoms with Gasteiger partial charge >= 0.3 is 0 Å². The largest absolute Gasteiger partial charge is 0.393 e. The van der Waals surface area contributed by atoms with E-state index >= 15 is 0 Å². The minimum absolute atomic E-state index is 0.0617. The van der Waals surface area contributed by atoms with Gasteiger partial charge in [0, 0.05) is 5.92 Å². The average molecular weight is 385 g/mol. The Kier molecular flexibility index (Phi) is 5.62. The third-order valence-electron chi connectivity index (χ3n) is 9.71. The fraction of sp³-hybridized carbons (Fsp3) is 0.852. The molecule has 0 heterocycles. The Morgan fingerprint density at radius 2 is 1.89 bits per heavy atom. The first-order valence-corrected chi connectivity index (χ1v) is 12.3. The van der Waals surface area contributed by atoms with Crippen LogP contribution in [0.1, 0.15) is 92.4 Å². The average Bonchev–Trinajstić information content (AvgIpc) is 2.99. The van der Waals surface area contributed by atoms with Crippen molar-refractivity contribution in [2.45, 2.75) is 98.5 Å². The summed E-state index contributed by atoms with van der Waals surface area (Å²) in [6.45, 7) is 12.4. The second kappa shape index (κ2) is 7.60. The van der Waals surface area contributed by atoms with Crippen LogP contribution in [0, 0.1) is 46.3 Å². The standard InChI is InChI=1S/C27H44O/c1-18(2)7-6-8-19(3)23-11-12-24-22-10-9-20-17-21(28)13-15-26(20,4)25(22)14-16-27(23,24)5/h10,14,16,18-21,23-25,28H,6-9,11-13,15,17H2,1-5H3/t19-,20+,21+,23-,24+,25+,26+,27-/m1/s1. The molecule has 0 saturated heterocycles. The maximum Gasteiger partial charge on any atom is 0.0543 e. The number of aliphatic hydroxyl groups is 1. The Bertz CT molecular complexity index is 630. The van der Waals surface area contributed by atoms with E-state index in [1.54, 1.807) is 5.57 Å². The summed E-state index contributed by atoms with van der Waals surface area (Å²) in [5, 5.41) is 10.2. The monoisotopic (exact) mass is 384 g/mol. The number of aliphatic hydroxyl groups excluding tert-OH is 1. The van der Waals surface area contributed by atoms with Crippen molar-refractivity contribution < 1.29 is 5.11 Å². The van der Waals surface area contributed by atoms with Gasteiger partial charge in [-0.15, -0.1) is 0 Å². The molecular formula is C27H44O. The Hall–Kier alpha value is -0.560. The van der Waals surface area contributed by atoms with E-state index in [0.717, 1.165) is 36.5 Å². The Morgan fingerprint density at radius 1 is 1.11 bits per heavy atom. The predicted molar refractivity (Wildman–Crippen MR) is 119 cm³/mol. The molecule has 0 bridgehead atoms. The lowest BCUT2D eigenvalue weighted by molar-refractivity contribution is -0.0108. The number of fused-ring (bicyclic) bond motifs is 5. The molecule has 0 aromatic heterocycles. The van der Waals surface area contributed by atoms with Gasteiger partial charge in [-0.1, -0.05) is 77.7 Å². The van der Waals surface area contributed by atoms with E-state index in [1.807, 2.05) is 0 Å². The van der Waals surface area contributed by atoms with Gasteiger partial charge in [-0.05, 0) is 78.9 Å². The van der Waals surface area contributed by atoms with Crippen LogP contribution in [0.5, 0.6) is 0 Å². The molecule has 2 saturated carbocycles. The highest BCUT2D eigenvalue weighted by Gasteiger charge is 2.56. The van der Waals surface area contributed by atoms with E-state index in [4.69, 9.17) is 0 Å². The third-order valence-corrected chi connectivity index (χ3v) is 9.71. The fourth-order valence-electron chi connectivity index (χ4n) is 7.89. The van der Waals surface area contributed by atoms with Crippen LogP contribution in [0.2, 0.25) is 0 Å². The van der Waals surface area contributed by atoms with Crippen LogP contribution in [-0.4, -0.2) is 11.2 Å². The lowest BCUT2D eigenvalue weighted by atomic mass is 9.50. The van der Waals surface area contributed by atoms with Gasteiger partial charge in [-0.2, -0.15) is 0 Å². The molecule has 8 atom stereocenters. The van der Waals surface area contributed by atoms with Gasteiger partial charge in [-0.3, -0.25) is 0 Å². The molecule has 4 aliphatic carbocycles. The van der Waals surface area contributed by atoms with Gasteiger partial charge < -0.3 is 5.11 Å². The predicted octanol–water partition coefficient (Wildman–Crippen LogP) is 7.16. The van der Waals surface area contributed by atoms with Crippen LogP contribution in [0.15, 0.2) is 23.8 Å². The Balaban J connectivity index is 1.54. The lowest BCUT2D eigenvalue weighted by Crippen LogP contribution is -2.47. The number of rotatable bonds is 5. The number of hydrogen-bond acceptors (Lipinski definition) is 1. The van der Waals surface area contributed by atoms with Crippen LogP contribution in [0.3, 0.4) is 0 Å². The van der Waals surface area contributed by atoms with Crippen molar-refractivity contribution in [3.63, 3.8) is 0 Å². The van der Waals surface area contributed by atoms with Crippen molar-refractivity contribution in [1.29, 1.82) is 0 Å². The van der Waals surface area contributed by atoms with E-state index in [0.29, 0.717) is 22.7 Å². The lowest BCUT2D eigenvalue weighted by Gasteiger charge is -2.55. The van der Waals surface area contributed by atoms with E-state index in [1.165, 1.54) is 44.9 Å². The first kappa shape index (κ1) is 20.7. The SMILES string of the molecule is CC(C)CCC[C@@H](C)[C@H]1CC[C@H]2C3=CC[C@H]4C[C@@H](O)CC[C@]4(C)[C@H]3C=C[C@]12C. The van der Waals surface area contributed by atoms with Crippen molar-refractivity contribution in [3.8, 4) is 0 Å². The zero-order valence-electron chi connectivity index (χ0n) is 19.1. The molecule has 0 aromatic carbocycles. The molecule has 28 heavy (non-hydrogen) atoms. The second-order valence-corrected chi connectivity index (χ2v) is 11.8. The molecule has 0 spiro atoms. The Labute approximate surface area is 174 Å². The molecule has 4 aliphatic rings. The minimum atomic E-state index is -0.0617. The molecular weight excluding hydrogens is 340 g/mol. The van der Waals surface area contributed by atoms with Crippen molar-refractivity contribution >= 4 is 0 Å². The number of allylic oxidation sites excluding steroid dienone is 4. The molecule has 1 nitrogen and oxygen atoms in total.